The van der Waals surface area contributed by atoms with Crippen LogP contribution in [-0.2, 0) is 5.41 Å². The third-order valence-corrected chi connectivity index (χ3v) is 14.0. The van der Waals surface area contributed by atoms with Crippen LogP contribution in [0.2, 0.25) is 0 Å². The minimum Gasteiger partial charge on any atom is -0.310 e. The maximum absolute atomic E-state index is 2.48. The number of benzene rings is 8. The smallest absolute Gasteiger partial charge is 0.0540 e. The normalized spacial score (nSPS) is 18.4. The molecule has 286 valence electrons. The quantitative estimate of drug-likeness (QED) is 0.149. The molecule has 0 aromatic heterocycles. The molecule has 1 nitrogen and oxygen atoms in total. The lowest BCUT2D eigenvalue weighted by molar-refractivity contribution is 0.420. The highest BCUT2D eigenvalue weighted by atomic mass is 15.1. The Kier molecular flexibility index (Phi) is 8.73. The van der Waals surface area contributed by atoms with Gasteiger partial charge < -0.3 is 4.90 Å². The summed E-state index contributed by atoms with van der Waals surface area (Å²) in [7, 11) is 0. The molecule has 1 heteroatoms. The van der Waals surface area contributed by atoms with Gasteiger partial charge in [-0.05, 0) is 134 Å². The van der Waals surface area contributed by atoms with Crippen LogP contribution >= 0.6 is 0 Å². The topological polar surface area (TPSA) is 3.24 Å². The fourth-order valence-electron chi connectivity index (χ4n) is 11.1. The van der Waals surface area contributed by atoms with Gasteiger partial charge in [0.1, 0.15) is 0 Å². The number of hydrogen-bond acceptors (Lipinski definition) is 1. The van der Waals surface area contributed by atoms with E-state index in [0.29, 0.717) is 0 Å². The summed E-state index contributed by atoms with van der Waals surface area (Å²) in [6.07, 6.45) is 5.68. The van der Waals surface area contributed by atoms with Crippen LogP contribution in [0.15, 0.2) is 194 Å². The van der Waals surface area contributed by atoms with Crippen molar-refractivity contribution >= 4 is 17.1 Å². The molecule has 0 radical (unpaired) electrons. The Labute approximate surface area is 349 Å². The summed E-state index contributed by atoms with van der Waals surface area (Å²) in [5.74, 6) is 2.60. The molecule has 3 aliphatic carbocycles. The molecule has 3 unspecified atom stereocenters. The van der Waals surface area contributed by atoms with E-state index in [-0.39, 0.29) is 5.41 Å². The molecular formula is C58H49N. The van der Waals surface area contributed by atoms with Gasteiger partial charge in [-0.3, -0.25) is 0 Å². The summed E-state index contributed by atoms with van der Waals surface area (Å²) in [5.41, 5.74) is 20.1. The van der Waals surface area contributed by atoms with E-state index < -0.39 is 0 Å². The lowest BCUT2D eigenvalue weighted by Crippen LogP contribution is -2.17. The van der Waals surface area contributed by atoms with Crippen molar-refractivity contribution in [1.29, 1.82) is 0 Å². The fraction of sp³-hybridized carbons (Fsp3) is 0.172. The van der Waals surface area contributed by atoms with E-state index in [9.17, 15) is 0 Å². The minimum absolute atomic E-state index is 0.116. The molecule has 2 bridgehead atoms. The number of rotatable bonds is 8. The zero-order valence-corrected chi connectivity index (χ0v) is 34.0. The second kappa shape index (κ2) is 14.4. The molecule has 8 aromatic carbocycles. The van der Waals surface area contributed by atoms with Crippen LogP contribution in [0, 0.1) is 11.8 Å². The van der Waals surface area contributed by atoms with Crippen molar-refractivity contribution in [2.24, 2.45) is 11.8 Å². The van der Waals surface area contributed by atoms with Gasteiger partial charge in [0.2, 0.25) is 0 Å². The third-order valence-electron chi connectivity index (χ3n) is 14.0. The molecule has 8 aromatic rings. The Hall–Kier alpha value is -6.44. The predicted octanol–water partition coefficient (Wildman–Crippen LogP) is 16.0. The van der Waals surface area contributed by atoms with Gasteiger partial charge in [-0.25, -0.2) is 0 Å². The Morgan fingerprint density at radius 2 is 0.949 bits per heavy atom. The highest BCUT2D eigenvalue weighted by Crippen LogP contribution is 2.54. The zero-order chi connectivity index (χ0) is 39.5. The van der Waals surface area contributed by atoms with Crippen molar-refractivity contribution in [2.45, 2.75) is 50.9 Å². The Morgan fingerprint density at radius 3 is 1.63 bits per heavy atom. The SMILES string of the molecule is CC1(C)c2ccccc2-c2ccc(N(c3ccc(-c4ccc(C5CC6CCC5C6)cc4)cc3)c3ccccc3-c3ccccc3-c3ccccc3-c3ccccc3)cc21. The van der Waals surface area contributed by atoms with Crippen LogP contribution in [0.3, 0.4) is 0 Å². The molecule has 0 spiro atoms. The maximum atomic E-state index is 2.48. The molecule has 2 fully saturated rings. The van der Waals surface area contributed by atoms with Crippen molar-refractivity contribution < 1.29 is 0 Å². The summed E-state index contributed by atoms with van der Waals surface area (Å²) in [6.45, 7) is 4.74. The van der Waals surface area contributed by atoms with Crippen LogP contribution in [0.25, 0.3) is 55.6 Å². The van der Waals surface area contributed by atoms with Crippen molar-refractivity contribution in [1.82, 2.24) is 0 Å². The van der Waals surface area contributed by atoms with Crippen molar-refractivity contribution in [2.75, 3.05) is 4.90 Å². The maximum Gasteiger partial charge on any atom is 0.0540 e. The largest absolute Gasteiger partial charge is 0.310 e. The molecular weight excluding hydrogens is 711 g/mol. The number of para-hydroxylation sites is 1. The molecule has 11 rings (SSSR count). The van der Waals surface area contributed by atoms with Gasteiger partial charge in [0, 0.05) is 22.4 Å². The lowest BCUT2D eigenvalue weighted by Gasteiger charge is -2.30. The number of hydrogen-bond donors (Lipinski definition) is 0. The highest BCUT2D eigenvalue weighted by molar-refractivity contribution is 5.97. The Bertz CT molecular complexity index is 2810. The van der Waals surface area contributed by atoms with Gasteiger partial charge in [-0.2, -0.15) is 0 Å². The fourth-order valence-corrected chi connectivity index (χ4v) is 11.1. The molecule has 3 aliphatic rings. The summed E-state index contributed by atoms with van der Waals surface area (Å²) >= 11 is 0. The summed E-state index contributed by atoms with van der Waals surface area (Å²) in [5, 5.41) is 0. The molecule has 0 N–H and O–H groups in total. The molecule has 2 saturated carbocycles. The summed E-state index contributed by atoms with van der Waals surface area (Å²) in [4.78, 5) is 2.48. The number of nitrogens with zero attached hydrogens (tertiary/aromatic N) is 1. The number of anilines is 3. The monoisotopic (exact) mass is 759 g/mol. The number of fused-ring (bicyclic) bond motifs is 5. The van der Waals surface area contributed by atoms with Crippen molar-refractivity contribution in [3.8, 4) is 55.6 Å². The van der Waals surface area contributed by atoms with E-state index in [2.05, 4.69) is 213 Å². The molecule has 0 heterocycles. The van der Waals surface area contributed by atoms with Gasteiger partial charge in [0.05, 0.1) is 5.69 Å². The second-order valence-electron chi connectivity index (χ2n) is 17.7. The van der Waals surface area contributed by atoms with Crippen LogP contribution in [0.5, 0.6) is 0 Å². The highest BCUT2D eigenvalue weighted by Gasteiger charge is 2.40. The third kappa shape index (κ3) is 6.14. The average molecular weight is 760 g/mol. The van der Waals surface area contributed by atoms with Gasteiger partial charge >= 0.3 is 0 Å². The standard InChI is InChI=1S/C58H49N/c1-58(2)55-22-12-10-20-51(55)52-35-34-46(38-56(52)58)59(45-32-30-41(31-33-45)40-26-28-43(29-27-40)54-37-39-24-25-44(54)36-39)57-23-13-11-21-53(57)50-19-9-8-18-49(50)48-17-7-6-16-47(48)42-14-4-3-5-15-42/h3-23,26-35,38-39,44,54H,24-25,36-37H2,1-2H3. The van der Waals surface area contributed by atoms with Crippen LogP contribution in [-0.4, -0.2) is 0 Å². The predicted molar refractivity (Wildman–Crippen MR) is 249 cm³/mol. The van der Waals surface area contributed by atoms with Crippen molar-refractivity contribution in [3.63, 3.8) is 0 Å². The first-order valence-corrected chi connectivity index (χ1v) is 21.6. The minimum atomic E-state index is -0.116. The van der Waals surface area contributed by atoms with E-state index in [1.54, 1.807) is 0 Å². The Morgan fingerprint density at radius 1 is 0.407 bits per heavy atom. The van der Waals surface area contributed by atoms with Gasteiger partial charge in [-0.1, -0.05) is 184 Å². The van der Waals surface area contributed by atoms with Crippen molar-refractivity contribution in [3.05, 3.63) is 211 Å². The molecule has 0 saturated heterocycles. The summed E-state index contributed by atoms with van der Waals surface area (Å²) in [6, 6.07) is 72.3. The molecule has 0 aliphatic heterocycles. The van der Waals surface area contributed by atoms with E-state index >= 15 is 0 Å². The van der Waals surface area contributed by atoms with Gasteiger partial charge in [0.25, 0.3) is 0 Å². The van der Waals surface area contributed by atoms with Gasteiger partial charge in [0.15, 0.2) is 0 Å². The lowest BCUT2D eigenvalue weighted by atomic mass is 9.82. The van der Waals surface area contributed by atoms with E-state index in [1.807, 2.05) is 0 Å². The second-order valence-corrected chi connectivity index (χ2v) is 17.7. The zero-order valence-electron chi connectivity index (χ0n) is 34.0. The van der Waals surface area contributed by atoms with Crippen LogP contribution in [0.4, 0.5) is 17.1 Å². The van der Waals surface area contributed by atoms with Crippen LogP contribution < -0.4 is 4.90 Å². The molecule has 0 amide bonds. The van der Waals surface area contributed by atoms with E-state index in [1.165, 1.54) is 98.0 Å². The summed E-state index contributed by atoms with van der Waals surface area (Å²) < 4.78 is 0. The first kappa shape index (κ1) is 35.7. The van der Waals surface area contributed by atoms with Gasteiger partial charge in [-0.15, -0.1) is 0 Å². The molecule has 3 atom stereocenters. The first-order chi connectivity index (χ1) is 29.0. The molecule has 59 heavy (non-hydrogen) atoms. The van der Waals surface area contributed by atoms with Crippen LogP contribution in [0.1, 0.15) is 62.1 Å². The van der Waals surface area contributed by atoms with E-state index in [0.717, 1.165) is 34.8 Å². The average Bonchev–Trinajstić information content (AvgIpc) is 4.00. The first-order valence-electron chi connectivity index (χ1n) is 21.6. The van der Waals surface area contributed by atoms with E-state index in [4.69, 9.17) is 0 Å². The Balaban J connectivity index is 1.04.